The number of rotatable bonds is 5. The van der Waals surface area contributed by atoms with Gasteiger partial charge in [-0.05, 0) is 31.2 Å². The van der Waals surface area contributed by atoms with Crippen LogP contribution in [-0.2, 0) is 11.3 Å². The first kappa shape index (κ1) is 18.7. The summed E-state index contributed by atoms with van der Waals surface area (Å²) < 4.78 is 4.83. The second-order valence-corrected chi connectivity index (χ2v) is 6.22. The van der Waals surface area contributed by atoms with E-state index in [0.717, 1.165) is 13.1 Å². The van der Waals surface area contributed by atoms with E-state index in [2.05, 4.69) is 27.3 Å². The number of pyridine rings is 1. The second kappa shape index (κ2) is 9.02. The van der Waals surface area contributed by atoms with E-state index >= 15 is 0 Å². The van der Waals surface area contributed by atoms with Gasteiger partial charge < -0.3 is 19.9 Å². The van der Waals surface area contributed by atoms with Gasteiger partial charge in [0.15, 0.2) is 0 Å². The monoisotopic (exact) mass is 368 g/mol. The van der Waals surface area contributed by atoms with Crippen LogP contribution in [0.2, 0.25) is 0 Å². The van der Waals surface area contributed by atoms with Gasteiger partial charge in [0.25, 0.3) is 5.91 Å². The summed E-state index contributed by atoms with van der Waals surface area (Å²) in [5, 5.41) is 2.61. The molecule has 1 aromatic carbocycles. The number of piperazine rings is 1. The normalized spacial score (nSPS) is 14.0. The summed E-state index contributed by atoms with van der Waals surface area (Å²) in [5.74, 6) is -0.0116. The van der Waals surface area contributed by atoms with Crippen LogP contribution in [0.15, 0.2) is 48.7 Å². The standard InChI is InChI=1S/C20H24N4O3/c1-2-27-20(26)22-15-17-14-16(8-9-21-17)19(25)24-12-10-23(11-13-24)18-6-4-3-5-7-18/h3-9,14H,2,10-13,15H2,1H3,(H,22,26). The molecule has 1 aromatic heterocycles. The van der Waals surface area contributed by atoms with Gasteiger partial charge in [-0.2, -0.15) is 0 Å². The predicted octanol–water partition coefficient (Wildman–Crippen LogP) is 2.29. The van der Waals surface area contributed by atoms with Crippen molar-refractivity contribution < 1.29 is 14.3 Å². The van der Waals surface area contributed by atoms with Crippen molar-refractivity contribution in [2.75, 3.05) is 37.7 Å². The van der Waals surface area contributed by atoms with Crippen LogP contribution in [0.25, 0.3) is 0 Å². The van der Waals surface area contributed by atoms with Crippen LogP contribution >= 0.6 is 0 Å². The summed E-state index contributed by atoms with van der Waals surface area (Å²) in [5.41, 5.74) is 2.39. The molecule has 2 heterocycles. The topological polar surface area (TPSA) is 74.8 Å². The van der Waals surface area contributed by atoms with Crippen molar-refractivity contribution in [3.63, 3.8) is 0 Å². The van der Waals surface area contributed by atoms with Crippen LogP contribution in [0.3, 0.4) is 0 Å². The maximum Gasteiger partial charge on any atom is 0.407 e. The molecular formula is C20H24N4O3. The van der Waals surface area contributed by atoms with Crippen molar-refractivity contribution in [3.05, 3.63) is 59.9 Å². The molecule has 0 unspecified atom stereocenters. The van der Waals surface area contributed by atoms with Gasteiger partial charge >= 0.3 is 6.09 Å². The van der Waals surface area contributed by atoms with Gasteiger partial charge in [0.2, 0.25) is 0 Å². The van der Waals surface area contributed by atoms with E-state index in [9.17, 15) is 9.59 Å². The molecule has 1 aliphatic heterocycles. The van der Waals surface area contributed by atoms with Crippen LogP contribution in [-0.4, -0.2) is 54.7 Å². The molecule has 7 heteroatoms. The highest BCUT2D eigenvalue weighted by Gasteiger charge is 2.22. The lowest BCUT2D eigenvalue weighted by atomic mass is 10.1. The Morgan fingerprint density at radius 3 is 2.56 bits per heavy atom. The zero-order valence-corrected chi connectivity index (χ0v) is 15.4. The summed E-state index contributed by atoms with van der Waals surface area (Å²) in [6.45, 7) is 5.23. The highest BCUT2D eigenvalue weighted by molar-refractivity contribution is 5.94. The molecule has 0 bridgehead atoms. The Bertz CT molecular complexity index is 774. The fourth-order valence-electron chi connectivity index (χ4n) is 3.04. The number of ether oxygens (including phenoxy) is 1. The number of amides is 2. The van der Waals surface area contributed by atoms with Crippen molar-refractivity contribution in [2.24, 2.45) is 0 Å². The molecule has 1 saturated heterocycles. The first-order valence-corrected chi connectivity index (χ1v) is 9.12. The van der Waals surface area contributed by atoms with Crippen molar-refractivity contribution in [1.29, 1.82) is 0 Å². The summed E-state index contributed by atoms with van der Waals surface area (Å²) in [4.78, 5) is 32.5. The van der Waals surface area contributed by atoms with E-state index in [-0.39, 0.29) is 12.5 Å². The van der Waals surface area contributed by atoms with Gasteiger partial charge in [0.1, 0.15) is 0 Å². The van der Waals surface area contributed by atoms with Crippen molar-refractivity contribution in [3.8, 4) is 0 Å². The number of para-hydroxylation sites is 1. The van der Waals surface area contributed by atoms with Crippen LogP contribution in [0.5, 0.6) is 0 Å². The van der Waals surface area contributed by atoms with Crippen molar-refractivity contribution in [2.45, 2.75) is 13.5 Å². The second-order valence-electron chi connectivity index (χ2n) is 6.22. The van der Waals surface area contributed by atoms with E-state index in [4.69, 9.17) is 4.74 Å². The average molecular weight is 368 g/mol. The molecule has 2 amide bonds. The smallest absolute Gasteiger partial charge is 0.407 e. The molecule has 2 aromatic rings. The third kappa shape index (κ3) is 4.97. The van der Waals surface area contributed by atoms with Gasteiger partial charge in [0, 0.05) is 43.6 Å². The van der Waals surface area contributed by atoms with Gasteiger partial charge in [-0.3, -0.25) is 9.78 Å². The highest BCUT2D eigenvalue weighted by Crippen LogP contribution is 2.17. The number of hydrogen-bond acceptors (Lipinski definition) is 5. The zero-order valence-electron chi connectivity index (χ0n) is 15.4. The molecule has 1 aliphatic rings. The lowest BCUT2D eigenvalue weighted by Crippen LogP contribution is -2.48. The molecular weight excluding hydrogens is 344 g/mol. The van der Waals surface area contributed by atoms with E-state index in [1.54, 1.807) is 25.3 Å². The molecule has 142 valence electrons. The molecule has 0 saturated carbocycles. The SMILES string of the molecule is CCOC(=O)NCc1cc(C(=O)N2CCN(c3ccccc3)CC2)ccn1. The highest BCUT2D eigenvalue weighted by atomic mass is 16.5. The van der Waals surface area contributed by atoms with Crippen LogP contribution in [0.1, 0.15) is 23.0 Å². The lowest BCUT2D eigenvalue weighted by Gasteiger charge is -2.36. The molecule has 1 fully saturated rings. The number of carbonyl (C=O) groups is 2. The minimum absolute atomic E-state index is 0.0116. The Morgan fingerprint density at radius 1 is 1.11 bits per heavy atom. The Balaban J connectivity index is 1.57. The summed E-state index contributed by atoms with van der Waals surface area (Å²) in [7, 11) is 0. The Labute approximate surface area is 158 Å². The molecule has 0 spiro atoms. The van der Waals surface area contributed by atoms with Crippen LogP contribution < -0.4 is 10.2 Å². The Morgan fingerprint density at radius 2 is 1.85 bits per heavy atom. The molecule has 7 nitrogen and oxygen atoms in total. The first-order chi connectivity index (χ1) is 13.2. The minimum Gasteiger partial charge on any atom is -0.450 e. The molecule has 1 N–H and O–H groups in total. The quantitative estimate of drug-likeness (QED) is 0.876. The number of carbonyl (C=O) groups excluding carboxylic acids is 2. The number of anilines is 1. The fourth-order valence-corrected chi connectivity index (χ4v) is 3.04. The molecule has 0 aliphatic carbocycles. The largest absolute Gasteiger partial charge is 0.450 e. The predicted molar refractivity (Wildman–Crippen MR) is 103 cm³/mol. The molecule has 3 rings (SSSR count). The van der Waals surface area contributed by atoms with E-state index in [1.165, 1.54) is 5.69 Å². The third-order valence-corrected chi connectivity index (χ3v) is 4.44. The lowest BCUT2D eigenvalue weighted by molar-refractivity contribution is 0.0746. The molecule has 27 heavy (non-hydrogen) atoms. The first-order valence-electron chi connectivity index (χ1n) is 9.12. The summed E-state index contributed by atoms with van der Waals surface area (Å²) in [6, 6.07) is 13.6. The average Bonchev–Trinajstić information content (AvgIpc) is 2.73. The van der Waals surface area contributed by atoms with Gasteiger partial charge in [-0.1, -0.05) is 18.2 Å². The molecule has 0 radical (unpaired) electrons. The molecule has 0 atom stereocenters. The van der Waals surface area contributed by atoms with Crippen LogP contribution in [0.4, 0.5) is 10.5 Å². The minimum atomic E-state index is -0.493. The van der Waals surface area contributed by atoms with Gasteiger partial charge in [0.05, 0.1) is 18.8 Å². The summed E-state index contributed by atoms with van der Waals surface area (Å²) in [6.07, 6.45) is 1.10. The number of nitrogens with one attached hydrogen (secondary N) is 1. The number of aromatic nitrogens is 1. The number of hydrogen-bond donors (Lipinski definition) is 1. The van der Waals surface area contributed by atoms with Crippen molar-refractivity contribution in [1.82, 2.24) is 15.2 Å². The van der Waals surface area contributed by atoms with Crippen molar-refractivity contribution >= 4 is 17.7 Å². The van der Waals surface area contributed by atoms with Gasteiger partial charge in [-0.25, -0.2) is 4.79 Å². The van der Waals surface area contributed by atoms with Crippen LogP contribution in [0, 0.1) is 0 Å². The maximum absolute atomic E-state index is 12.8. The Hall–Kier alpha value is -3.09. The Kier molecular flexibility index (Phi) is 6.25. The summed E-state index contributed by atoms with van der Waals surface area (Å²) >= 11 is 0. The fraction of sp³-hybridized carbons (Fsp3) is 0.350. The van der Waals surface area contributed by atoms with E-state index in [0.29, 0.717) is 31.0 Å². The number of alkyl carbamates (subject to hydrolysis) is 1. The third-order valence-electron chi connectivity index (χ3n) is 4.44. The van der Waals surface area contributed by atoms with E-state index < -0.39 is 6.09 Å². The number of benzene rings is 1. The van der Waals surface area contributed by atoms with Gasteiger partial charge in [-0.15, -0.1) is 0 Å². The number of nitrogens with zero attached hydrogens (tertiary/aromatic N) is 3. The maximum atomic E-state index is 12.8. The zero-order chi connectivity index (χ0) is 19.1. The van der Waals surface area contributed by atoms with E-state index in [1.807, 2.05) is 23.1 Å².